The summed E-state index contributed by atoms with van der Waals surface area (Å²) in [5.41, 5.74) is 1.16. The molecule has 0 saturated heterocycles. The quantitative estimate of drug-likeness (QED) is 0.441. The summed E-state index contributed by atoms with van der Waals surface area (Å²) in [6.45, 7) is 0. The topological polar surface area (TPSA) is 32.3 Å². The third-order valence-corrected chi connectivity index (χ3v) is 4.21. The lowest BCUT2D eigenvalue weighted by atomic mass is 9.85. The number of allylic oxidation sites excluding steroid dienone is 2. The second-order valence-electron chi connectivity index (χ2n) is 4.35. The van der Waals surface area contributed by atoms with Crippen LogP contribution in [0.4, 0.5) is 0 Å². The molecule has 1 heterocycles. The number of aliphatic hydroxyl groups is 1. The van der Waals surface area contributed by atoms with Crippen LogP contribution < -0.4 is 5.32 Å². The van der Waals surface area contributed by atoms with Crippen molar-refractivity contribution in [3.8, 4) is 0 Å². The van der Waals surface area contributed by atoms with Crippen LogP contribution >= 0.6 is 22.6 Å². The van der Waals surface area contributed by atoms with Gasteiger partial charge in [-0.2, -0.15) is 0 Å². The molecular weight excluding hydrogens is 289 g/mol. The van der Waals surface area contributed by atoms with Gasteiger partial charge in [0, 0.05) is 12.3 Å². The van der Waals surface area contributed by atoms with E-state index in [1.54, 1.807) is 0 Å². The molecule has 1 unspecified atom stereocenters. The van der Waals surface area contributed by atoms with Gasteiger partial charge in [0.2, 0.25) is 0 Å². The number of nitrogens with one attached hydrogen (secondary N) is 1. The minimum atomic E-state index is 0.514. The maximum absolute atomic E-state index is 9.85. The molecule has 1 fully saturated rings. The monoisotopic (exact) mass is 307 g/mol. The summed E-state index contributed by atoms with van der Waals surface area (Å²) < 4.78 is 0.514. The van der Waals surface area contributed by atoms with Crippen molar-refractivity contribution in [2.75, 3.05) is 0 Å². The van der Waals surface area contributed by atoms with E-state index in [1.807, 2.05) is 0 Å². The molecule has 1 atom stereocenters. The van der Waals surface area contributed by atoms with Crippen LogP contribution in [-0.2, 0) is 0 Å². The Morgan fingerprint density at radius 2 is 1.86 bits per heavy atom. The van der Waals surface area contributed by atoms with E-state index in [4.69, 9.17) is 0 Å². The average molecular weight is 307 g/mol. The third kappa shape index (κ3) is 2.35. The molecule has 0 spiro atoms. The highest BCUT2D eigenvalue weighted by molar-refractivity contribution is 14.1. The smallest absolute Gasteiger partial charge is 0.111 e. The molecule has 3 heteroatoms. The van der Waals surface area contributed by atoms with E-state index in [0.29, 0.717) is 15.7 Å². The van der Waals surface area contributed by atoms with E-state index in [1.165, 1.54) is 32.1 Å². The van der Waals surface area contributed by atoms with Gasteiger partial charge in [0.25, 0.3) is 0 Å². The Labute approximate surface area is 99.3 Å². The molecular formula is C11H18INO. The van der Waals surface area contributed by atoms with Crippen LogP contribution in [0.15, 0.2) is 11.5 Å². The highest BCUT2D eigenvalue weighted by Gasteiger charge is 2.25. The van der Waals surface area contributed by atoms with Crippen LogP contribution in [0.3, 0.4) is 0 Å². The first-order valence-corrected chi connectivity index (χ1v) is 6.84. The maximum atomic E-state index is 9.85. The molecule has 1 aliphatic heterocycles. The van der Waals surface area contributed by atoms with Gasteiger partial charge in [-0.3, -0.25) is 0 Å². The van der Waals surface area contributed by atoms with Crippen molar-refractivity contribution in [2.24, 2.45) is 5.92 Å². The summed E-state index contributed by atoms with van der Waals surface area (Å²) in [6.07, 6.45) is 8.48. The fourth-order valence-electron chi connectivity index (χ4n) is 2.47. The van der Waals surface area contributed by atoms with E-state index in [2.05, 4.69) is 27.9 Å². The first kappa shape index (κ1) is 10.6. The lowest BCUT2D eigenvalue weighted by Crippen LogP contribution is -2.33. The molecule has 2 N–H and O–H groups in total. The van der Waals surface area contributed by atoms with Crippen molar-refractivity contribution in [1.82, 2.24) is 5.32 Å². The molecule has 1 saturated carbocycles. The molecule has 80 valence electrons. The van der Waals surface area contributed by atoms with Crippen molar-refractivity contribution in [2.45, 2.75) is 49.0 Å². The van der Waals surface area contributed by atoms with Gasteiger partial charge in [-0.05, 0) is 19.3 Å². The number of hydrogen-bond acceptors (Lipinski definition) is 2. The molecule has 0 aromatic heterocycles. The van der Waals surface area contributed by atoms with Crippen molar-refractivity contribution in [3.63, 3.8) is 0 Å². The highest BCUT2D eigenvalue weighted by atomic mass is 127. The number of aliphatic hydroxyl groups excluding tert-OH is 1. The summed E-state index contributed by atoms with van der Waals surface area (Å²) in [7, 11) is 0. The van der Waals surface area contributed by atoms with E-state index in [-0.39, 0.29) is 0 Å². The Morgan fingerprint density at radius 1 is 1.14 bits per heavy atom. The largest absolute Gasteiger partial charge is 0.511 e. The molecule has 0 aromatic carbocycles. The minimum Gasteiger partial charge on any atom is -0.511 e. The predicted molar refractivity (Wildman–Crippen MR) is 66.4 cm³/mol. The Hall–Kier alpha value is 0.0700. The maximum Gasteiger partial charge on any atom is 0.111 e. The normalized spacial score (nSPS) is 30.2. The van der Waals surface area contributed by atoms with Crippen molar-refractivity contribution >= 4 is 22.6 Å². The fourth-order valence-corrected chi connectivity index (χ4v) is 3.11. The molecule has 2 nitrogen and oxygen atoms in total. The van der Waals surface area contributed by atoms with Crippen LogP contribution in [0.5, 0.6) is 0 Å². The predicted octanol–water partition coefficient (Wildman–Crippen LogP) is 3.48. The second kappa shape index (κ2) is 4.73. The van der Waals surface area contributed by atoms with Crippen LogP contribution in [0.1, 0.15) is 44.9 Å². The van der Waals surface area contributed by atoms with Gasteiger partial charge in [-0.25, -0.2) is 0 Å². The number of halogens is 1. The Bertz CT molecular complexity index is 233. The van der Waals surface area contributed by atoms with E-state index in [9.17, 15) is 5.11 Å². The summed E-state index contributed by atoms with van der Waals surface area (Å²) >= 11 is 2.42. The zero-order chi connectivity index (χ0) is 9.97. The molecule has 0 radical (unpaired) electrons. The molecule has 2 aliphatic rings. The summed E-state index contributed by atoms with van der Waals surface area (Å²) in [6, 6.07) is 0. The summed E-state index contributed by atoms with van der Waals surface area (Å²) in [5.74, 6) is 1.24. The Kier molecular flexibility index (Phi) is 3.57. The molecule has 14 heavy (non-hydrogen) atoms. The highest BCUT2D eigenvalue weighted by Crippen LogP contribution is 2.33. The lowest BCUT2D eigenvalue weighted by molar-refractivity contribution is 0.308. The average Bonchev–Trinajstić information content (AvgIpc) is 2.23. The van der Waals surface area contributed by atoms with Gasteiger partial charge >= 0.3 is 0 Å². The standard InChI is InChI=1S/C11H18INO/c12-10-7-6-9(14)11(13-10)8-4-2-1-3-5-8/h8,10,13-14H,1-7H2. The van der Waals surface area contributed by atoms with E-state index < -0.39 is 0 Å². The van der Waals surface area contributed by atoms with Crippen molar-refractivity contribution in [3.05, 3.63) is 11.5 Å². The van der Waals surface area contributed by atoms with E-state index >= 15 is 0 Å². The van der Waals surface area contributed by atoms with Gasteiger partial charge in [0.05, 0.1) is 9.75 Å². The zero-order valence-electron chi connectivity index (χ0n) is 8.43. The Morgan fingerprint density at radius 3 is 2.57 bits per heavy atom. The van der Waals surface area contributed by atoms with Gasteiger partial charge in [-0.15, -0.1) is 0 Å². The zero-order valence-corrected chi connectivity index (χ0v) is 10.6. The Balaban J connectivity index is 2.06. The second-order valence-corrected chi connectivity index (χ2v) is 5.85. The van der Waals surface area contributed by atoms with Gasteiger partial charge in [-0.1, -0.05) is 41.9 Å². The van der Waals surface area contributed by atoms with Crippen LogP contribution in [0.25, 0.3) is 0 Å². The number of rotatable bonds is 1. The van der Waals surface area contributed by atoms with Crippen LogP contribution in [-0.4, -0.2) is 9.16 Å². The molecule has 2 rings (SSSR count). The number of alkyl halides is 1. The SMILES string of the molecule is OC1=C(C2CCCCC2)NC(I)CC1. The van der Waals surface area contributed by atoms with Gasteiger partial charge < -0.3 is 10.4 Å². The van der Waals surface area contributed by atoms with Crippen LogP contribution in [0.2, 0.25) is 0 Å². The number of hydrogen-bond donors (Lipinski definition) is 2. The van der Waals surface area contributed by atoms with Crippen LogP contribution in [0, 0.1) is 5.92 Å². The fraction of sp³-hybridized carbons (Fsp3) is 0.818. The van der Waals surface area contributed by atoms with Crippen molar-refractivity contribution < 1.29 is 5.11 Å². The molecule has 1 aliphatic carbocycles. The summed E-state index contributed by atoms with van der Waals surface area (Å²) in [4.78, 5) is 0. The third-order valence-electron chi connectivity index (χ3n) is 3.27. The first-order chi connectivity index (χ1) is 6.77. The molecule has 0 bridgehead atoms. The van der Waals surface area contributed by atoms with Gasteiger partial charge in [0.15, 0.2) is 0 Å². The lowest BCUT2D eigenvalue weighted by Gasteiger charge is -2.31. The molecule has 0 aromatic rings. The minimum absolute atomic E-state index is 0.514. The van der Waals surface area contributed by atoms with Gasteiger partial charge in [0.1, 0.15) is 5.76 Å². The summed E-state index contributed by atoms with van der Waals surface area (Å²) in [5, 5.41) is 13.3. The molecule has 0 amide bonds. The van der Waals surface area contributed by atoms with E-state index in [0.717, 1.165) is 18.5 Å². The first-order valence-electron chi connectivity index (χ1n) is 5.60. The van der Waals surface area contributed by atoms with Crippen molar-refractivity contribution in [1.29, 1.82) is 0 Å².